The first kappa shape index (κ1) is 13.5. The van der Waals surface area contributed by atoms with Crippen molar-refractivity contribution in [1.82, 2.24) is 0 Å². The monoisotopic (exact) mass is 230 g/mol. The van der Waals surface area contributed by atoms with Gasteiger partial charge in [0, 0.05) is 18.4 Å². The van der Waals surface area contributed by atoms with Gasteiger partial charge >= 0.3 is 0 Å². The summed E-state index contributed by atoms with van der Waals surface area (Å²) in [5, 5.41) is 0. The van der Waals surface area contributed by atoms with E-state index >= 15 is 0 Å². The van der Waals surface area contributed by atoms with E-state index in [1.165, 1.54) is 5.56 Å². The maximum atomic E-state index is 4.36. The topological polar surface area (TPSA) is 15.6 Å². The highest BCUT2D eigenvalue weighted by atomic mass is 15.1. The minimum absolute atomic E-state index is 0.390. The number of hydrogen-bond donors (Lipinski definition) is 0. The van der Waals surface area contributed by atoms with Gasteiger partial charge in [0.05, 0.1) is 6.34 Å². The van der Waals surface area contributed by atoms with Crippen molar-refractivity contribution >= 4 is 12.0 Å². The van der Waals surface area contributed by atoms with E-state index in [0.717, 1.165) is 17.8 Å². The summed E-state index contributed by atoms with van der Waals surface area (Å²) in [7, 11) is 2.01. The molecular weight excluding hydrogens is 208 g/mol. The van der Waals surface area contributed by atoms with Crippen LogP contribution in [0, 0.1) is 5.92 Å². The SMILES string of the molecule is C=C(/N=C\N(C)c1cccc(CC)c1)C(C)C. The summed E-state index contributed by atoms with van der Waals surface area (Å²) in [4.78, 5) is 6.38. The highest BCUT2D eigenvalue weighted by Gasteiger charge is 2.00. The van der Waals surface area contributed by atoms with Crippen LogP contribution in [0.3, 0.4) is 0 Å². The fraction of sp³-hybridized carbons (Fsp3) is 0.400. The van der Waals surface area contributed by atoms with Gasteiger partial charge in [-0.1, -0.05) is 39.5 Å². The van der Waals surface area contributed by atoms with Gasteiger partial charge in [-0.2, -0.15) is 0 Å². The van der Waals surface area contributed by atoms with Gasteiger partial charge in [0.1, 0.15) is 0 Å². The summed E-state index contributed by atoms with van der Waals surface area (Å²) in [5.74, 6) is 0.390. The van der Waals surface area contributed by atoms with Crippen LogP contribution in [0.25, 0.3) is 0 Å². The van der Waals surface area contributed by atoms with Crippen LogP contribution in [0.5, 0.6) is 0 Å². The average molecular weight is 230 g/mol. The quantitative estimate of drug-likeness (QED) is 0.553. The Morgan fingerprint density at radius 3 is 2.76 bits per heavy atom. The zero-order chi connectivity index (χ0) is 12.8. The predicted octanol–water partition coefficient (Wildman–Crippen LogP) is 3.88. The van der Waals surface area contributed by atoms with Crippen LogP contribution in [0.2, 0.25) is 0 Å². The molecule has 0 aromatic heterocycles. The van der Waals surface area contributed by atoms with Crippen molar-refractivity contribution in [2.24, 2.45) is 10.9 Å². The van der Waals surface area contributed by atoms with E-state index < -0.39 is 0 Å². The summed E-state index contributed by atoms with van der Waals surface area (Å²) >= 11 is 0. The maximum Gasteiger partial charge on any atom is 0.0950 e. The minimum atomic E-state index is 0.390. The highest BCUT2D eigenvalue weighted by molar-refractivity contribution is 5.79. The smallest absolute Gasteiger partial charge is 0.0950 e. The van der Waals surface area contributed by atoms with Crippen LogP contribution < -0.4 is 4.90 Å². The van der Waals surface area contributed by atoms with Crippen molar-refractivity contribution in [2.75, 3.05) is 11.9 Å². The molecule has 92 valence electrons. The van der Waals surface area contributed by atoms with E-state index in [1.54, 1.807) is 0 Å². The third-order valence-electron chi connectivity index (χ3n) is 2.79. The van der Waals surface area contributed by atoms with Crippen LogP contribution in [0.1, 0.15) is 26.3 Å². The summed E-state index contributed by atoms with van der Waals surface area (Å²) < 4.78 is 0. The maximum absolute atomic E-state index is 4.36. The molecule has 2 nitrogen and oxygen atoms in total. The number of nitrogens with zero attached hydrogens (tertiary/aromatic N) is 2. The first-order valence-corrected chi connectivity index (χ1v) is 6.09. The normalized spacial score (nSPS) is 11.1. The number of aliphatic imine (C=N–C) groups is 1. The molecule has 1 aromatic rings. The molecule has 0 bridgehead atoms. The van der Waals surface area contributed by atoms with Crippen molar-refractivity contribution in [1.29, 1.82) is 0 Å². The number of rotatable bonds is 5. The summed E-state index contributed by atoms with van der Waals surface area (Å²) in [6.45, 7) is 10.3. The van der Waals surface area contributed by atoms with Crippen molar-refractivity contribution in [3.63, 3.8) is 0 Å². The number of hydrogen-bond acceptors (Lipinski definition) is 1. The Balaban J connectivity index is 2.75. The Kier molecular flexibility index (Phi) is 4.95. The lowest BCUT2D eigenvalue weighted by atomic mass is 10.1. The Morgan fingerprint density at radius 2 is 2.18 bits per heavy atom. The van der Waals surface area contributed by atoms with E-state index in [-0.39, 0.29) is 0 Å². The molecule has 0 amide bonds. The molecule has 0 aliphatic heterocycles. The molecule has 2 heteroatoms. The molecule has 0 aliphatic rings. The van der Waals surface area contributed by atoms with Crippen molar-refractivity contribution in [3.8, 4) is 0 Å². The van der Waals surface area contributed by atoms with Crippen LogP contribution >= 0.6 is 0 Å². The Bertz CT molecular complexity index is 405. The summed E-state index contributed by atoms with van der Waals surface area (Å²) in [5.41, 5.74) is 3.40. The molecule has 0 saturated carbocycles. The number of allylic oxidation sites excluding steroid dienone is 1. The van der Waals surface area contributed by atoms with Crippen molar-refractivity contribution in [2.45, 2.75) is 27.2 Å². The molecule has 0 aliphatic carbocycles. The average Bonchev–Trinajstić information content (AvgIpc) is 2.35. The van der Waals surface area contributed by atoms with Gasteiger partial charge in [-0.15, -0.1) is 0 Å². The molecule has 0 atom stereocenters. The van der Waals surface area contributed by atoms with Crippen molar-refractivity contribution < 1.29 is 0 Å². The molecule has 0 radical (unpaired) electrons. The second-order valence-corrected chi connectivity index (χ2v) is 4.52. The highest BCUT2D eigenvalue weighted by Crippen LogP contribution is 2.15. The Labute approximate surface area is 105 Å². The fourth-order valence-corrected chi connectivity index (χ4v) is 1.37. The fourth-order valence-electron chi connectivity index (χ4n) is 1.37. The zero-order valence-corrected chi connectivity index (χ0v) is 11.3. The van der Waals surface area contributed by atoms with Gasteiger partial charge in [0.25, 0.3) is 0 Å². The molecule has 1 rings (SSSR count). The number of benzene rings is 1. The van der Waals surface area contributed by atoms with Crippen molar-refractivity contribution in [3.05, 3.63) is 42.1 Å². The van der Waals surface area contributed by atoms with Gasteiger partial charge in [-0.3, -0.25) is 0 Å². The first-order chi connectivity index (χ1) is 8.04. The first-order valence-electron chi connectivity index (χ1n) is 6.09. The number of aryl methyl sites for hydroxylation is 1. The lowest BCUT2D eigenvalue weighted by Gasteiger charge is -2.14. The van der Waals surface area contributed by atoms with E-state index in [2.05, 4.69) is 56.6 Å². The molecule has 1 aromatic carbocycles. The number of anilines is 1. The van der Waals surface area contributed by atoms with E-state index in [4.69, 9.17) is 0 Å². The Hall–Kier alpha value is -1.57. The second-order valence-electron chi connectivity index (χ2n) is 4.52. The molecule has 0 fully saturated rings. The van der Waals surface area contributed by atoms with Gasteiger partial charge in [-0.05, 0) is 30.0 Å². The molecular formula is C15H22N2. The van der Waals surface area contributed by atoms with Gasteiger partial charge < -0.3 is 4.90 Å². The van der Waals surface area contributed by atoms with Crippen LogP contribution in [-0.2, 0) is 6.42 Å². The van der Waals surface area contributed by atoms with E-state index in [0.29, 0.717) is 5.92 Å². The Morgan fingerprint density at radius 1 is 1.47 bits per heavy atom. The zero-order valence-electron chi connectivity index (χ0n) is 11.3. The lowest BCUT2D eigenvalue weighted by Crippen LogP contribution is -2.14. The van der Waals surface area contributed by atoms with E-state index in [1.807, 2.05) is 18.3 Å². The minimum Gasteiger partial charge on any atom is -0.336 e. The molecule has 0 saturated heterocycles. The predicted molar refractivity (Wildman–Crippen MR) is 76.7 cm³/mol. The lowest BCUT2D eigenvalue weighted by molar-refractivity contribution is 0.762. The molecule has 0 heterocycles. The molecule has 17 heavy (non-hydrogen) atoms. The second kappa shape index (κ2) is 6.24. The largest absolute Gasteiger partial charge is 0.336 e. The van der Waals surface area contributed by atoms with Crippen LogP contribution in [0.15, 0.2) is 41.5 Å². The molecule has 0 N–H and O–H groups in total. The standard InChI is InChI=1S/C15H22N2/c1-6-14-8-7-9-15(10-14)17(5)11-16-13(4)12(2)3/h7-12H,4,6H2,1-3,5H3/b16-11-. The van der Waals surface area contributed by atoms with Gasteiger partial charge in [-0.25, -0.2) is 4.99 Å². The summed E-state index contributed by atoms with van der Waals surface area (Å²) in [6.07, 6.45) is 2.88. The third kappa shape index (κ3) is 4.06. The van der Waals surface area contributed by atoms with Crippen LogP contribution in [0.4, 0.5) is 5.69 Å². The third-order valence-corrected chi connectivity index (χ3v) is 2.79. The molecule has 0 unspecified atom stereocenters. The molecule has 0 spiro atoms. The van der Waals surface area contributed by atoms with Gasteiger partial charge in [0.2, 0.25) is 0 Å². The summed E-state index contributed by atoms with van der Waals surface area (Å²) in [6, 6.07) is 8.49. The van der Waals surface area contributed by atoms with E-state index in [9.17, 15) is 0 Å². The van der Waals surface area contributed by atoms with Crippen LogP contribution in [-0.4, -0.2) is 13.4 Å². The van der Waals surface area contributed by atoms with Gasteiger partial charge in [0.15, 0.2) is 0 Å².